The van der Waals surface area contributed by atoms with Crippen molar-refractivity contribution in [1.29, 1.82) is 0 Å². The van der Waals surface area contributed by atoms with Crippen molar-refractivity contribution in [2.45, 2.75) is 69.4 Å². The number of carbonyl (C=O) groups is 1. The average molecular weight is 411 g/mol. The van der Waals surface area contributed by atoms with Gasteiger partial charge in [0, 0.05) is 30.1 Å². The molecule has 1 aliphatic carbocycles. The molecule has 7 heteroatoms. The quantitative estimate of drug-likeness (QED) is 0.692. The zero-order valence-electron chi connectivity index (χ0n) is 15.4. The third-order valence-electron chi connectivity index (χ3n) is 6.32. The maximum Gasteiger partial charge on any atom is 0.224 e. The van der Waals surface area contributed by atoms with Crippen LogP contribution in [0.25, 0.3) is 11.0 Å². The number of fused-ring (bicyclic) bond motifs is 3. The summed E-state index contributed by atoms with van der Waals surface area (Å²) in [5.41, 5.74) is 2.90. The molecule has 148 valence electrons. The Morgan fingerprint density at radius 3 is 2.52 bits per heavy atom. The fraction of sp³-hybridized carbons (Fsp3) is 0.600. The SMILES string of the molecule is Cl.Cl.O=C(CC1CC2CCC(C1)N2)Nc1ccc2nc(C3CCC3)[nH]c2c1. The normalized spacial score (nSPS) is 26.7. The van der Waals surface area contributed by atoms with Crippen LogP contribution in [0.15, 0.2) is 18.2 Å². The van der Waals surface area contributed by atoms with Gasteiger partial charge in [-0.15, -0.1) is 24.8 Å². The number of nitrogens with zero attached hydrogens (tertiary/aromatic N) is 1. The molecule has 1 aromatic carbocycles. The summed E-state index contributed by atoms with van der Waals surface area (Å²) in [5, 5.41) is 6.73. The number of rotatable bonds is 4. The molecule has 3 N–H and O–H groups in total. The number of nitrogens with one attached hydrogen (secondary N) is 3. The smallest absolute Gasteiger partial charge is 0.224 e. The Kier molecular flexibility index (Phi) is 6.34. The Morgan fingerprint density at radius 2 is 1.85 bits per heavy atom. The first-order chi connectivity index (χ1) is 12.2. The van der Waals surface area contributed by atoms with E-state index in [0.717, 1.165) is 35.4 Å². The maximum absolute atomic E-state index is 12.5. The molecule has 3 aliphatic rings. The summed E-state index contributed by atoms with van der Waals surface area (Å²) in [6.45, 7) is 0. The van der Waals surface area contributed by atoms with Gasteiger partial charge < -0.3 is 15.6 Å². The molecule has 3 heterocycles. The van der Waals surface area contributed by atoms with Crippen LogP contribution in [0.5, 0.6) is 0 Å². The number of piperidine rings is 1. The van der Waals surface area contributed by atoms with Crippen molar-refractivity contribution < 1.29 is 4.79 Å². The van der Waals surface area contributed by atoms with Crippen molar-refractivity contribution in [2.24, 2.45) is 5.92 Å². The Balaban J connectivity index is 0.00000105. The number of halogens is 2. The van der Waals surface area contributed by atoms with Crippen LogP contribution in [0.4, 0.5) is 5.69 Å². The number of aromatic amines is 1. The highest BCUT2D eigenvalue weighted by Crippen LogP contribution is 2.36. The summed E-state index contributed by atoms with van der Waals surface area (Å²) in [6, 6.07) is 7.28. The van der Waals surface area contributed by atoms with Gasteiger partial charge in [0.25, 0.3) is 0 Å². The van der Waals surface area contributed by atoms with Gasteiger partial charge in [0.2, 0.25) is 5.91 Å². The number of aromatic nitrogens is 2. The number of anilines is 1. The van der Waals surface area contributed by atoms with Gasteiger partial charge >= 0.3 is 0 Å². The van der Waals surface area contributed by atoms with E-state index in [9.17, 15) is 4.79 Å². The molecular weight excluding hydrogens is 383 g/mol. The van der Waals surface area contributed by atoms with E-state index >= 15 is 0 Å². The van der Waals surface area contributed by atoms with Gasteiger partial charge in [-0.1, -0.05) is 6.42 Å². The third-order valence-corrected chi connectivity index (χ3v) is 6.32. The lowest BCUT2D eigenvalue weighted by molar-refractivity contribution is -0.117. The van der Waals surface area contributed by atoms with Crippen LogP contribution < -0.4 is 10.6 Å². The first-order valence-electron chi connectivity index (χ1n) is 9.78. The Labute approximate surface area is 172 Å². The maximum atomic E-state index is 12.5. The molecule has 2 aliphatic heterocycles. The molecule has 5 rings (SSSR count). The van der Waals surface area contributed by atoms with Crippen LogP contribution in [0.2, 0.25) is 0 Å². The lowest BCUT2D eigenvalue weighted by Gasteiger charge is -2.28. The molecule has 2 saturated heterocycles. The van der Waals surface area contributed by atoms with E-state index in [-0.39, 0.29) is 30.7 Å². The molecule has 2 unspecified atom stereocenters. The highest BCUT2D eigenvalue weighted by Gasteiger charge is 2.34. The molecule has 0 spiro atoms. The molecule has 3 fully saturated rings. The third kappa shape index (κ3) is 4.25. The van der Waals surface area contributed by atoms with Crippen molar-refractivity contribution in [3.05, 3.63) is 24.0 Å². The van der Waals surface area contributed by atoms with Crippen molar-refractivity contribution in [2.75, 3.05) is 5.32 Å². The van der Waals surface area contributed by atoms with Crippen LogP contribution in [0.1, 0.15) is 63.1 Å². The molecule has 1 saturated carbocycles. The second-order valence-electron chi connectivity index (χ2n) is 8.21. The van der Waals surface area contributed by atoms with E-state index < -0.39 is 0 Å². The van der Waals surface area contributed by atoms with Gasteiger partial charge in [-0.2, -0.15) is 0 Å². The van der Waals surface area contributed by atoms with E-state index in [4.69, 9.17) is 4.98 Å². The molecule has 2 atom stereocenters. The number of carbonyl (C=O) groups excluding carboxylic acids is 1. The fourth-order valence-corrected chi connectivity index (χ4v) is 4.80. The monoisotopic (exact) mass is 410 g/mol. The predicted octanol–water partition coefficient (Wildman–Crippen LogP) is 4.53. The van der Waals surface area contributed by atoms with Crippen molar-refractivity contribution in [3.63, 3.8) is 0 Å². The van der Waals surface area contributed by atoms with Crippen LogP contribution in [0, 0.1) is 5.92 Å². The van der Waals surface area contributed by atoms with Gasteiger partial charge in [-0.05, 0) is 62.6 Å². The first kappa shape index (κ1) is 20.4. The first-order valence-corrected chi connectivity index (χ1v) is 9.78. The second-order valence-corrected chi connectivity index (χ2v) is 8.21. The summed E-state index contributed by atoms with van der Waals surface area (Å²) < 4.78 is 0. The van der Waals surface area contributed by atoms with Gasteiger partial charge in [-0.3, -0.25) is 4.79 Å². The molecule has 2 aromatic rings. The van der Waals surface area contributed by atoms with Crippen LogP contribution in [-0.4, -0.2) is 28.0 Å². The predicted molar refractivity (Wildman–Crippen MR) is 113 cm³/mol. The molecule has 5 nitrogen and oxygen atoms in total. The summed E-state index contributed by atoms with van der Waals surface area (Å²) in [6.07, 6.45) is 9.28. The molecule has 1 amide bonds. The summed E-state index contributed by atoms with van der Waals surface area (Å²) in [5.74, 6) is 2.37. The molecule has 2 bridgehead atoms. The Hall–Kier alpha value is -1.30. The lowest BCUT2D eigenvalue weighted by atomic mass is 9.85. The minimum Gasteiger partial charge on any atom is -0.342 e. The van der Waals surface area contributed by atoms with E-state index in [2.05, 4.69) is 15.6 Å². The summed E-state index contributed by atoms with van der Waals surface area (Å²) >= 11 is 0. The fourth-order valence-electron chi connectivity index (χ4n) is 4.80. The number of H-pyrrole nitrogens is 1. The van der Waals surface area contributed by atoms with Crippen LogP contribution >= 0.6 is 24.8 Å². The molecular formula is C20H28Cl2N4O. The number of amides is 1. The standard InChI is InChI=1S/C20H26N4O.2ClH/c25-19(10-12-8-14-4-5-15(9-12)21-14)22-16-6-7-17-18(11-16)24-20(23-17)13-2-1-3-13;;/h6-7,11-15,21H,1-5,8-10H2,(H,22,25)(H,23,24);2*1H. The van der Waals surface area contributed by atoms with Gasteiger partial charge in [0.15, 0.2) is 0 Å². The highest BCUT2D eigenvalue weighted by atomic mass is 35.5. The zero-order chi connectivity index (χ0) is 16.8. The number of hydrogen-bond donors (Lipinski definition) is 3. The van der Waals surface area contributed by atoms with E-state index in [1.165, 1.54) is 32.1 Å². The van der Waals surface area contributed by atoms with E-state index in [1.807, 2.05) is 18.2 Å². The molecule has 0 radical (unpaired) electrons. The van der Waals surface area contributed by atoms with Crippen LogP contribution in [-0.2, 0) is 4.79 Å². The summed E-state index contributed by atoms with van der Waals surface area (Å²) in [7, 11) is 0. The van der Waals surface area contributed by atoms with Gasteiger partial charge in [0.1, 0.15) is 5.82 Å². The molecule has 27 heavy (non-hydrogen) atoms. The number of hydrogen-bond acceptors (Lipinski definition) is 3. The van der Waals surface area contributed by atoms with Crippen molar-refractivity contribution >= 4 is 47.4 Å². The van der Waals surface area contributed by atoms with E-state index in [1.54, 1.807) is 0 Å². The Morgan fingerprint density at radius 1 is 1.11 bits per heavy atom. The number of imidazole rings is 1. The average Bonchev–Trinajstić information content (AvgIpc) is 3.08. The number of benzene rings is 1. The largest absolute Gasteiger partial charge is 0.342 e. The topological polar surface area (TPSA) is 69.8 Å². The minimum atomic E-state index is 0. The van der Waals surface area contributed by atoms with Crippen LogP contribution in [0.3, 0.4) is 0 Å². The van der Waals surface area contributed by atoms with E-state index in [0.29, 0.717) is 30.3 Å². The second kappa shape index (κ2) is 8.38. The summed E-state index contributed by atoms with van der Waals surface area (Å²) in [4.78, 5) is 20.6. The zero-order valence-corrected chi connectivity index (χ0v) is 17.0. The van der Waals surface area contributed by atoms with Gasteiger partial charge in [0.05, 0.1) is 11.0 Å². The lowest BCUT2D eigenvalue weighted by Crippen LogP contribution is -2.39. The van der Waals surface area contributed by atoms with Gasteiger partial charge in [-0.25, -0.2) is 4.98 Å². The highest BCUT2D eigenvalue weighted by molar-refractivity contribution is 5.93. The molecule has 1 aromatic heterocycles. The minimum absolute atomic E-state index is 0. The Bertz CT molecular complexity index is 792. The van der Waals surface area contributed by atoms with Crippen molar-refractivity contribution in [1.82, 2.24) is 15.3 Å². The van der Waals surface area contributed by atoms with Crippen molar-refractivity contribution in [3.8, 4) is 0 Å².